The van der Waals surface area contributed by atoms with Crippen molar-refractivity contribution >= 4 is 26.5 Å². The first-order valence-electron chi connectivity index (χ1n) is 10.8. The molecule has 0 aliphatic heterocycles. The van der Waals surface area contributed by atoms with E-state index in [9.17, 15) is 13.2 Å². The largest absolute Gasteiger partial charge is 0.489 e. The average Bonchev–Trinajstić information content (AvgIpc) is 2.77. The fraction of sp³-hybridized carbons (Fsp3) is 0.308. The molecule has 5 nitrogen and oxygen atoms in total. The number of aryl methyl sites for hydroxylation is 1. The van der Waals surface area contributed by atoms with Gasteiger partial charge in [-0.05, 0) is 69.0 Å². The lowest BCUT2D eigenvalue weighted by atomic mass is 9.84. The summed E-state index contributed by atoms with van der Waals surface area (Å²) < 4.78 is 31.4. The van der Waals surface area contributed by atoms with Crippen LogP contribution in [-0.4, -0.2) is 24.9 Å². The number of benzene rings is 2. The molecule has 0 saturated heterocycles. The van der Waals surface area contributed by atoms with Gasteiger partial charge >= 0.3 is 0 Å². The van der Waals surface area contributed by atoms with E-state index in [4.69, 9.17) is 4.74 Å². The van der Waals surface area contributed by atoms with E-state index in [0.29, 0.717) is 25.2 Å². The van der Waals surface area contributed by atoms with Gasteiger partial charge in [0, 0.05) is 22.6 Å². The predicted octanol–water partition coefficient (Wildman–Crippen LogP) is 5.21. The Morgan fingerprint density at radius 1 is 1.09 bits per heavy atom. The summed E-state index contributed by atoms with van der Waals surface area (Å²) in [6, 6.07) is 16.2. The van der Waals surface area contributed by atoms with Crippen LogP contribution in [0.25, 0.3) is 10.9 Å². The summed E-state index contributed by atoms with van der Waals surface area (Å²) >= 11 is 0. The zero-order chi connectivity index (χ0) is 22.7. The van der Waals surface area contributed by atoms with Gasteiger partial charge < -0.3 is 4.74 Å². The minimum Gasteiger partial charge on any atom is -0.489 e. The fourth-order valence-corrected chi connectivity index (χ4v) is 5.48. The lowest BCUT2D eigenvalue weighted by Gasteiger charge is -2.22. The molecule has 3 aromatic rings. The summed E-state index contributed by atoms with van der Waals surface area (Å²) in [5.74, 6) is -0.263. The highest BCUT2D eigenvalue weighted by Crippen LogP contribution is 2.29. The van der Waals surface area contributed by atoms with Crippen molar-refractivity contribution in [1.82, 2.24) is 4.98 Å². The quantitative estimate of drug-likeness (QED) is 0.463. The van der Waals surface area contributed by atoms with Crippen LogP contribution in [0, 0.1) is 12.8 Å². The number of aromatic nitrogens is 1. The summed E-state index contributed by atoms with van der Waals surface area (Å²) in [6.07, 6.45) is 3.00. The number of carbonyl (C=O) groups excluding carboxylic acids is 1. The Hall–Kier alpha value is -2.99. The van der Waals surface area contributed by atoms with Gasteiger partial charge in [-0.2, -0.15) is 0 Å². The molecule has 1 aliphatic carbocycles. The molecule has 1 aromatic heterocycles. The third kappa shape index (κ3) is 5.07. The van der Waals surface area contributed by atoms with Gasteiger partial charge in [-0.1, -0.05) is 30.4 Å². The van der Waals surface area contributed by atoms with Crippen molar-refractivity contribution < 1.29 is 17.9 Å². The first kappa shape index (κ1) is 22.2. The number of fused-ring (bicyclic) bond motifs is 1. The second kappa shape index (κ2) is 9.25. The van der Waals surface area contributed by atoms with E-state index >= 15 is 0 Å². The summed E-state index contributed by atoms with van der Waals surface area (Å²) in [5.41, 5.74) is 3.99. The van der Waals surface area contributed by atoms with Crippen molar-refractivity contribution in [1.29, 1.82) is 0 Å². The van der Waals surface area contributed by atoms with Gasteiger partial charge in [0.1, 0.15) is 18.1 Å². The Kier molecular flexibility index (Phi) is 6.42. The van der Waals surface area contributed by atoms with Crippen LogP contribution in [0.2, 0.25) is 0 Å². The summed E-state index contributed by atoms with van der Waals surface area (Å²) in [4.78, 5) is 17.2. The van der Waals surface area contributed by atoms with Crippen LogP contribution in [-0.2, 0) is 21.2 Å². The topological polar surface area (TPSA) is 73.3 Å². The van der Waals surface area contributed by atoms with Crippen LogP contribution >= 0.6 is 0 Å². The third-order valence-corrected chi connectivity index (χ3v) is 7.64. The molecule has 0 amide bonds. The van der Waals surface area contributed by atoms with Crippen molar-refractivity contribution in [3.8, 4) is 5.75 Å². The number of para-hydroxylation sites is 1. The Bertz CT molecular complexity index is 1250. The third-order valence-electron chi connectivity index (χ3n) is 5.99. The maximum Gasteiger partial charge on any atom is 0.185 e. The average molecular weight is 450 g/mol. The lowest BCUT2D eigenvalue weighted by molar-refractivity contribution is -0.121. The van der Waals surface area contributed by atoms with Crippen LogP contribution in [0.3, 0.4) is 0 Å². The molecule has 0 bridgehead atoms. The molecule has 0 atom stereocenters. The van der Waals surface area contributed by atoms with E-state index < -0.39 is 15.6 Å². The zero-order valence-corrected chi connectivity index (χ0v) is 19.0. The number of hydrogen-bond donors (Lipinski definition) is 0. The summed E-state index contributed by atoms with van der Waals surface area (Å²) in [6.45, 7) is 6.24. The van der Waals surface area contributed by atoms with Gasteiger partial charge in [0.25, 0.3) is 0 Å². The lowest BCUT2D eigenvalue weighted by Crippen LogP contribution is -2.26. The SMILES string of the molecule is C=C1CCC(C(=O)CS(=O)(=O)c2ccc(OCc3cc(C)nc4ccccc34)cc2)CC1. The molecule has 0 unspecified atom stereocenters. The van der Waals surface area contributed by atoms with Gasteiger partial charge in [0.15, 0.2) is 15.6 Å². The molecule has 1 aliphatic rings. The van der Waals surface area contributed by atoms with Crippen LogP contribution in [0.4, 0.5) is 0 Å². The minimum absolute atomic E-state index is 0.142. The smallest absolute Gasteiger partial charge is 0.185 e. The van der Waals surface area contributed by atoms with Gasteiger partial charge in [-0.15, -0.1) is 0 Å². The number of sulfone groups is 1. The van der Waals surface area contributed by atoms with Crippen molar-refractivity contribution in [3.63, 3.8) is 0 Å². The van der Waals surface area contributed by atoms with Crippen molar-refractivity contribution in [2.45, 2.75) is 44.1 Å². The highest BCUT2D eigenvalue weighted by atomic mass is 32.2. The maximum absolute atomic E-state index is 12.7. The molecule has 1 saturated carbocycles. The molecular formula is C26H27NO4S. The number of rotatable bonds is 7. The zero-order valence-electron chi connectivity index (χ0n) is 18.2. The molecule has 1 fully saturated rings. The van der Waals surface area contributed by atoms with Crippen LogP contribution in [0.1, 0.15) is 36.9 Å². The van der Waals surface area contributed by atoms with Crippen LogP contribution < -0.4 is 4.74 Å². The first-order chi connectivity index (χ1) is 15.3. The van der Waals surface area contributed by atoms with E-state index in [-0.39, 0.29) is 16.6 Å². The molecule has 1 heterocycles. The molecule has 0 radical (unpaired) electrons. The van der Waals surface area contributed by atoms with Crippen LogP contribution in [0.5, 0.6) is 5.75 Å². The Morgan fingerprint density at radius 3 is 2.50 bits per heavy atom. The monoisotopic (exact) mass is 449 g/mol. The number of Topliss-reactive ketones (excluding diaryl/α,β-unsaturated/α-hetero) is 1. The number of ether oxygens (including phenoxy) is 1. The Labute approximate surface area is 189 Å². The van der Waals surface area contributed by atoms with Gasteiger partial charge in [-0.25, -0.2) is 8.42 Å². The van der Waals surface area contributed by atoms with E-state index in [0.717, 1.165) is 40.6 Å². The number of carbonyl (C=O) groups is 1. The van der Waals surface area contributed by atoms with Crippen LogP contribution in [0.15, 0.2) is 71.6 Å². The number of pyridine rings is 1. The Balaban J connectivity index is 1.42. The second-order valence-corrected chi connectivity index (χ2v) is 10.4. The predicted molar refractivity (Wildman–Crippen MR) is 125 cm³/mol. The highest BCUT2D eigenvalue weighted by molar-refractivity contribution is 7.92. The fourth-order valence-electron chi connectivity index (χ4n) is 4.16. The second-order valence-electron chi connectivity index (χ2n) is 8.45. The van der Waals surface area contributed by atoms with E-state index in [1.54, 1.807) is 12.1 Å². The van der Waals surface area contributed by atoms with E-state index in [2.05, 4.69) is 11.6 Å². The molecule has 4 rings (SSSR count). The normalized spacial score (nSPS) is 15.1. The highest BCUT2D eigenvalue weighted by Gasteiger charge is 2.27. The number of ketones is 1. The van der Waals surface area contributed by atoms with Gasteiger partial charge in [0.05, 0.1) is 10.4 Å². The summed E-state index contributed by atoms with van der Waals surface area (Å²) in [5, 5.41) is 1.03. The molecule has 0 N–H and O–H groups in total. The Morgan fingerprint density at radius 2 is 1.78 bits per heavy atom. The molecule has 2 aromatic carbocycles. The molecule has 6 heteroatoms. The number of hydrogen-bond acceptors (Lipinski definition) is 5. The molecule has 0 spiro atoms. The number of allylic oxidation sites excluding steroid dienone is 1. The van der Waals surface area contributed by atoms with Crippen molar-refractivity contribution in [2.75, 3.05) is 5.75 Å². The molecule has 166 valence electrons. The summed E-state index contributed by atoms with van der Waals surface area (Å²) in [7, 11) is -3.68. The van der Waals surface area contributed by atoms with Crippen molar-refractivity contribution in [2.24, 2.45) is 5.92 Å². The van der Waals surface area contributed by atoms with Crippen molar-refractivity contribution in [3.05, 3.63) is 78.0 Å². The molecule has 32 heavy (non-hydrogen) atoms. The van der Waals surface area contributed by atoms with Gasteiger partial charge in [-0.3, -0.25) is 9.78 Å². The number of nitrogens with zero attached hydrogens (tertiary/aromatic N) is 1. The first-order valence-corrected chi connectivity index (χ1v) is 12.5. The minimum atomic E-state index is -3.68. The van der Waals surface area contributed by atoms with E-state index in [1.165, 1.54) is 12.1 Å². The van der Waals surface area contributed by atoms with E-state index in [1.807, 2.05) is 37.3 Å². The van der Waals surface area contributed by atoms with Gasteiger partial charge in [0.2, 0.25) is 0 Å². The maximum atomic E-state index is 12.7. The molecular weight excluding hydrogens is 422 g/mol. The standard InChI is InChI=1S/C26H27NO4S/c1-18-7-9-20(10-8-18)26(28)17-32(29,30)23-13-11-22(12-14-23)31-16-21-15-19(2)27-25-6-4-3-5-24(21)25/h3-6,11-15,20H,1,7-10,16-17H2,2H3.